The van der Waals surface area contributed by atoms with Gasteiger partial charge in [-0.2, -0.15) is 0 Å². The number of aromatic nitrogens is 3. The Morgan fingerprint density at radius 3 is 2.52 bits per heavy atom. The molecule has 3 rings (SSSR count). The van der Waals surface area contributed by atoms with Crippen molar-refractivity contribution in [1.82, 2.24) is 15.0 Å². The van der Waals surface area contributed by atoms with Crippen LogP contribution in [0.3, 0.4) is 0 Å². The molecular weight excluding hydrogens is 412 g/mol. The van der Waals surface area contributed by atoms with E-state index in [2.05, 4.69) is 30.9 Å². The quantitative estimate of drug-likeness (QED) is 0.209. The van der Waals surface area contributed by atoms with Gasteiger partial charge in [0.15, 0.2) is 0 Å². The predicted molar refractivity (Wildman–Crippen MR) is 133 cm³/mol. The van der Waals surface area contributed by atoms with E-state index in [1.807, 2.05) is 56.3 Å². The Morgan fingerprint density at radius 2 is 1.76 bits per heavy atom. The third kappa shape index (κ3) is 6.85. The number of oxime groups is 1. The molecule has 0 saturated carbocycles. The van der Waals surface area contributed by atoms with E-state index in [0.29, 0.717) is 13.2 Å². The van der Waals surface area contributed by atoms with Crippen molar-refractivity contribution in [2.24, 2.45) is 5.16 Å². The van der Waals surface area contributed by atoms with E-state index in [4.69, 9.17) is 19.5 Å². The Hall–Kier alpha value is -3.28. The fourth-order valence-corrected chi connectivity index (χ4v) is 3.43. The van der Waals surface area contributed by atoms with Gasteiger partial charge in [-0.3, -0.25) is 15.0 Å². The molecule has 0 spiro atoms. The Balaban J connectivity index is 1.64. The van der Waals surface area contributed by atoms with Crippen molar-refractivity contribution < 1.29 is 9.57 Å². The number of nitrogens with zero attached hydrogens (tertiary/aromatic N) is 4. The van der Waals surface area contributed by atoms with Gasteiger partial charge in [-0.15, -0.1) is 0 Å². The predicted octanol–water partition coefficient (Wildman–Crippen LogP) is 5.88. The SMILES string of the molecule is CCCOc1cc(CC)nc(-c2cccc(CCCON=C(C)c3cccc(C)n3)n2)c1C. The first-order valence-electron chi connectivity index (χ1n) is 11.7. The average molecular weight is 447 g/mol. The van der Waals surface area contributed by atoms with Crippen LogP contribution in [0.25, 0.3) is 11.4 Å². The lowest BCUT2D eigenvalue weighted by molar-refractivity contribution is 0.141. The van der Waals surface area contributed by atoms with Crippen LogP contribution in [0.1, 0.15) is 62.0 Å². The molecule has 0 N–H and O–H groups in total. The van der Waals surface area contributed by atoms with E-state index in [0.717, 1.165) is 76.9 Å². The van der Waals surface area contributed by atoms with E-state index in [1.165, 1.54) is 0 Å². The van der Waals surface area contributed by atoms with Crippen molar-refractivity contribution in [3.8, 4) is 17.1 Å². The lowest BCUT2D eigenvalue weighted by Crippen LogP contribution is -2.04. The summed E-state index contributed by atoms with van der Waals surface area (Å²) in [5.41, 5.74) is 7.40. The van der Waals surface area contributed by atoms with E-state index in [-0.39, 0.29) is 0 Å². The van der Waals surface area contributed by atoms with E-state index < -0.39 is 0 Å². The molecule has 0 aromatic carbocycles. The first-order chi connectivity index (χ1) is 16.0. The minimum absolute atomic E-state index is 0.521. The van der Waals surface area contributed by atoms with Gasteiger partial charge < -0.3 is 9.57 Å². The molecule has 6 nitrogen and oxygen atoms in total. The van der Waals surface area contributed by atoms with Gasteiger partial charge in [0, 0.05) is 28.7 Å². The zero-order valence-electron chi connectivity index (χ0n) is 20.4. The molecule has 3 heterocycles. The Morgan fingerprint density at radius 1 is 0.939 bits per heavy atom. The summed E-state index contributed by atoms with van der Waals surface area (Å²) in [4.78, 5) is 19.7. The van der Waals surface area contributed by atoms with Crippen LogP contribution in [0.2, 0.25) is 0 Å². The van der Waals surface area contributed by atoms with Crippen LogP contribution in [0.15, 0.2) is 47.6 Å². The molecule has 3 aromatic heterocycles. The van der Waals surface area contributed by atoms with Crippen molar-refractivity contribution in [2.45, 2.75) is 60.3 Å². The third-order valence-electron chi connectivity index (χ3n) is 5.28. The molecule has 0 aliphatic rings. The fraction of sp³-hybridized carbons (Fsp3) is 0.407. The van der Waals surface area contributed by atoms with Gasteiger partial charge in [-0.05, 0) is 70.7 Å². The Kier molecular flexibility index (Phi) is 8.93. The smallest absolute Gasteiger partial charge is 0.126 e. The number of hydrogen-bond donors (Lipinski definition) is 0. The monoisotopic (exact) mass is 446 g/mol. The van der Waals surface area contributed by atoms with Gasteiger partial charge in [0.1, 0.15) is 18.1 Å². The first-order valence-corrected chi connectivity index (χ1v) is 11.7. The molecular formula is C27H34N4O2. The normalized spacial score (nSPS) is 11.5. The van der Waals surface area contributed by atoms with Crippen molar-refractivity contribution >= 4 is 5.71 Å². The van der Waals surface area contributed by atoms with Crippen LogP contribution in [0.5, 0.6) is 5.75 Å². The lowest BCUT2D eigenvalue weighted by atomic mass is 10.1. The highest BCUT2D eigenvalue weighted by molar-refractivity contribution is 5.96. The zero-order valence-corrected chi connectivity index (χ0v) is 20.4. The van der Waals surface area contributed by atoms with Crippen molar-refractivity contribution in [3.63, 3.8) is 0 Å². The van der Waals surface area contributed by atoms with E-state index >= 15 is 0 Å². The molecule has 0 aliphatic carbocycles. The number of hydrogen-bond acceptors (Lipinski definition) is 6. The van der Waals surface area contributed by atoms with Gasteiger partial charge in [0.05, 0.1) is 23.7 Å². The molecule has 174 valence electrons. The molecule has 0 saturated heterocycles. The maximum atomic E-state index is 5.97. The largest absolute Gasteiger partial charge is 0.493 e. The maximum absolute atomic E-state index is 5.97. The van der Waals surface area contributed by atoms with E-state index in [9.17, 15) is 0 Å². The second kappa shape index (κ2) is 12.1. The molecule has 33 heavy (non-hydrogen) atoms. The standard InChI is InChI=1S/C27H34N4O2/c1-6-16-32-26-18-22(7-2)30-27(20(26)4)25-15-9-12-23(29-25)13-10-17-33-31-21(5)24-14-8-11-19(3)28-24/h8-9,11-12,14-15,18H,6-7,10,13,16-17H2,1-5H3. The Labute approximate surface area is 197 Å². The van der Waals surface area contributed by atoms with Crippen LogP contribution in [0.4, 0.5) is 0 Å². The van der Waals surface area contributed by atoms with Gasteiger partial charge in [-0.1, -0.05) is 31.1 Å². The maximum Gasteiger partial charge on any atom is 0.126 e. The van der Waals surface area contributed by atoms with E-state index in [1.54, 1.807) is 0 Å². The molecule has 3 aromatic rings. The minimum Gasteiger partial charge on any atom is -0.493 e. The molecule has 0 atom stereocenters. The topological polar surface area (TPSA) is 69.5 Å². The molecule has 0 amide bonds. The van der Waals surface area contributed by atoms with Crippen LogP contribution < -0.4 is 4.74 Å². The van der Waals surface area contributed by atoms with Gasteiger partial charge in [0.25, 0.3) is 0 Å². The van der Waals surface area contributed by atoms with Crippen LogP contribution >= 0.6 is 0 Å². The van der Waals surface area contributed by atoms with Crippen molar-refractivity contribution in [1.29, 1.82) is 0 Å². The number of aryl methyl sites for hydroxylation is 3. The second-order valence-corrected chi connectivity index (χ2v) is 8.08. The molecule has 0 fully saturated rings. The summed E-state index contributed by atoms with van der Waals surface area (Å²) >= 11 is 0. The third-order valence-corrected chi connectivity index (χ3v) is 5.28. The van der Waals surface area contributed by atoms with Gasteiger partial charge in [0.2, 0.25) is 0 Å². The summed E-state index contributed by atoms with van der Waals surface area (Å²) < 4.78 is 5.97. The van der Waals surface area contributed by atoms with Crippen molar-refractivity contribution in [2.75, 3.05) is 13.2 Å². The highest BCUT2D eigenvalue weighted by Crippen LogP contribution is 2.29. The first kappa shape index (κ1) is 24.4. The van der Waals surface area contributed by atoms with Crippen LogP contribution in [0, 0.1) is 13.8 Å². The summed E-state index contributed by atoms with van der Waals surface area (Å²) in [5.74, 6) is 0.899. The molecule has 0 bridgehead atoms. The van der Waals surface area contributed by atoms with Crippen LogP contribution in [-0.2, 0) is 17.7 Å². The fourth-order valence-electron chi connectivity index (χ4n) is 3.43. The average Bonchev–Trinajstić information content (AvgIpc) is 2.83. The highest BCUT2D eigenvalue weighted by atomic mass is 16.6. The van der Waals surface area contributed by atoms with Gasteiger partial charge in [-0.25, -0.2) is 0 Å². The molecule has 0 aliphatic heterocycles. The number of pyridine rings is 3. The summed E-state index contributed by atoms with van der Waals surface area (Å²) in [6.07, 6.45) is 3.45. The highest BCUT2D eigenvalue weighted by Gasteiger charge is 2.13. The van der Waals surface area contributed by atoms with Gasteiger partial charge >= 0.3 is 0 Å². The number of rotatable bonds is 11. The molecule has 0 radical (unpaired) electrons. The summed E-state index contributed by atoms with van der Waals surface area (Å²) in [5, 5.41) is 4.21. The second-order valence-electron chi connectivity index (χ2n) is 8.08. The molecule has 0 unspecified atom stereocenters. The minimum atomic E-state index is 0.521. The summed E-state index contributed by atoms with van der Waals surface area (Å²) in [6, 6.07) is 14.0. The summed E-state index contributed by atoms with van der Waals surface area (Å²) in [6.45, 7) is 11.4. The summed E-state index contributed by atoms with van der Waals surface area (Å²) in [7, 11) is 0. The number of ether oxygens (including phenoxy) is 1. The van der Waals surface area contributed by atoms with Crippen molar-refractivity contribution in [3.05, 3.63) is 70.8 Å². The molecule has 6 heteroatoms. The Bertz CT molecular complexity index is 1100. The zero-order chi connectivity index (χ0) is 23.6. The lowest BCUT2D eigenvalue weighted by Gasteiger charge is -2.14. The van der Waals surface area contributed by atoms with Crippen LogP contribution in [-0.4, -0.2) is 33.9 Å².